The fraction of sp³-hybridized carbons (Fsp3) is 0.333. The Kier molecular flexibility index (Phi) is 215. The molecule has 0 unspecified atom stereocenters. The van der Waals surface area contributed by atoms with Gasteiger partial charge in [0.25, 0.3) is 0 Å². The summed E-state index contributed by atoms with van der Waals surface area (Å²) in [4.78, 5) is 0. The van der Waals surface area contributed by atoms with E-state index < -0.39 is 0 Å². The predicted molar refractivity (Wildman–Crippen MR) is 17.4 cm³/mol. The molecule has 0 heterocycles. The van der Waals surface area contributed by atoms with E-state index in [4.69, 9.17) is 0 Å². The second-order valence-corrected chi connectivity index (χ2v) is 0. The Hall–Kier alpha value is 0.883. The van der Waals surface area contributed by atoms with Crippen molar-refractivity contribution in [2.24, 2.45) is 0 Å². The van der Waals surface area contributed by atoms with E-state index in [1.165, 1.54) is 0 Å². The molecule has 0 N–H and O–H groups in total. The van der Waals surface area contributed by atoms with E-state index >= 15 is 0 Å². The third-order valence-electron chi connectivity index (χ3n) is 0. The quantitative estimate of drug-likeness (QED) is 0.439. The van der Waals surface area contributed by atoms with Gasteiger partial charge in [-0.1, -0.05) is 0 Å². The van der Waals surface area contributed by atoms with Crippen molar-refractivity contribution >= 4 is 0 Å². The monoisotopic (exact) mass is 134 g/mol. The maximum atomic E-state index is 3.25. The Balaban J connectivity index is -0.00000000500. The van der Waals surface area contributed by atoms with Crippen LogP contribution in [-0.4, -0.2) is 0 Å². The molecule has 0 aromatic rings. The van der Waals surface area contributed by atoms with Crippen LogP contribution in [0.15, 0.2) is 0 Å². The summed E-state index contributed by atoms with van der Waals surface area (Å²) in [6.45, 7) is 5.00. The molecule has 0 amide bonds. The zero-order valence-corrected chi connectivity index (χ0v) is 5.67. The average Bonchev–Trinajstić information content (AvgIpc) is 1.00. The summed E-state index contributed by atoms with van der Waals surface area (Å²) >= 11 is 0. The summed E-state index contributed by atoms with van der Waals surface area (Å²) in [6, 6.07) is 0. The molecule has 0 fully saturated rings. The van der Waals surface area contributed by atoms with Gasteiger partial charge in [0, 0.05) is 0 Å². The molecule has 24 valence electrons. The van der Waals surface area contributed by atoms with Crippen LogP contribution in [0.4, 0.5) is 0 Å². The Morgan fingerprint density at radius 3 is 1.25 bits per heavy atom. The topological polar surface area (TPSA) is 0 Å². The minimum Gasteiger partial charge on any atom is -0.358 e. The van der Waals surface area contributed by atoms with Crippen molar-refractivity contribution < 1.29 is 26.2 Å². The van der Waals surface area contributed by atoms with Crippen molar-refractivity contribution in [3.63, 3.8) is 0 Å². The first kappa shape index (κ1) is 20.8. The van der Waals surface area contributed by atoms with Crippen molar-refractivity contribution in [3.8, 4) is 0 Å². The van der Waals surface area contributed by atoms with Crippen LogP contribution in [0.2, 0.25) is 0 Å². The third kappa shape index (κ3) is 13.1. The molecule has 0 radical (unpaired) electrons. The zero-order valence-electron chi connectivity index (χ0n) is 3.21. The Labute approximate surface area is 47.7 Å². The molecule has 0 nitrogen and oxygen atoms in total. The largest absolute Gasteiger partial charge is 2.00 e. The van der Waals surface area contributed by atoms with Gasteiger partial charge >= 0.3 is 26.2 Å². The van der Waals surface area contributed by atoms with E-state index in [9.17, 15) is 0 Å². The molecule has 0 saturated heterocycles. The van der Waals surface area contributed by atoms with Crippen molar-refractivity contribution in [1.82, 2.24) is 0 Å². The van der Waals surface area contributed by atoms with Crippen LogP contribution < -0.4 is 0 Å². The van der Waals surface area contributed by atoms with Crippen molar-refractivity contribution in [3.05, 3.63) is 14.4 Å². The van der Waals surface area contributed by atoms with Gasteiger partial charge in [-0.15, -0.1) is 0 Å². The summed E-state index contributed by atoms with van der Waals surface area (Å²) in [5, 5.41) is 0. The summed E-state index contributed by atoms with van der Waals surface area (Å²) in [6.07, 6.45) is 0. The summed E-state index contributed by atoms with van der Waals surface area (Å²) in [5.41, 5.74) is 0. The van der Waals surface area contributed by atoms with Crippen molar-refractivity contribution in [1.29, 1.82) is 0 Å². The van der Waals surface area contributed by atoms with Crippen LogP contribution >= 0.6 is 0 Å². The number of hydrogen-bond donors (Lipinski definition) is 0. The normalized spacial score (nSPS) is 1.50. The molecule has 1 heteroatoms. The first-order valence-corrected chi connectivity index (χ1v) is 0.707. The molecule has 0 aliphatic rings. The first-order valence-electron chi connectivity index (χ1n) is 0.707. The fourth-order valence-electron chi connectivity index (χ4n) is 0. The molecule has 0 aliphatic carbocycles. The van der Waals surface area contributed by atoms with Gasteiger partial charge < -0.3 is 14.4 Å². The minimum absolute atomic E-state index is 0. The molecule has 0 spiro atoms. The van der Waals surface area contributed by atoms with Crippen LogP contribution in [0.5, 0.6) is 0 Å². The van der Waals surface area contributed by atoms with Crippen molar-refractivity contribution in [2.45, 2.75) is 6.92 Å². The van der Waals surface area contributed by atoms with Gasteiger partial charge in [-0.3, -0.25) is 0 Å². The summed E-state index contributed by atoms with van der Waals surface area (Å²) in [7, 11) is 0. The van der Waals surface area contributed by atoms with Crippen LogP contribution in [-0.2, 0) is 26.2 Å². The predicted octanol–water partition coefficient (Wildman–Crippen LogP) is 1.29. The Bertz CT molecular complexity index is 3.25. The standard InChI is InChI=1S/C2H5.CH3.Zr/c1-2;;/h1H2,2H3;1H3;/q2*-1;+2. The van der Waals surface area contributed by atoms with E-state index in [0.717, 1.165) is 0 Å². The first-order chi connectivity index (χ1) is 1.00. The van der Waals surface area contributed by atoms with Gasteiger partial charge in [0.2, 0.25) is 0 Å². The molecule has 4 heavy (non-hydrogen) atoms. The molecular weight excluding hydrogens is 127 g/mol. The van der Waals surface area contributed by atoms with Crippen LogP contribution in [0.25, 0.3) is 0 Å². The molecule has 0 aliphatic heterocycles. The van der Waals surface area contributed by atoms with Gasteiger partial charge in [0.15, 0.2) is 0 Å². The smallest absolute Gasteiger partial charge is 0.358 e. The van der Waals surface area contributed by atoms with Gasteiger partial charge in [-0.25, -0.2) is 0 Å². The van der Waals surface area contributed by atoms with E-state index in [1.54, 1.807) is 6.92 Å². The van der Waals surface area contributed by atoms with Gasteiger partial charge in [0.1, 0.15) is 0 Å². The van der Waals surface area contributed by atoms with E-state index in [0.29, 0.717) is 0 Å². The summed E-state index contributed by atoms with van der Waals surface area (Å²) in [5.74, 6) is 0. The van der Waals surface area contributed by atoms with Gasteiger partial charge in [-0.2, -0.15) is 6.92 Å². The Morgan fingerprint density at radius 1 is 1.25 bits per heavy atom. The number of hydrogen-bond acceptors (Lipinski definition) is 0. The minimum atomic E-state index is 0. The fourth-order valence-corrected chi connectivity index (χ4v) is 0. The van der Waals surface area contributed by atoms with Crippen LogP contribution in [0.1, 0.15) is 6.92 Å². The second-order valence-electron chi connectivity index (χ2n) is 0. The molecule has 0 rings (SSSR count). The molecule has 0 bridgehead atoms. The zero-order chi connectivity index (χ0) is 2.00. The molecule has 0 aromatic heterocycles. The second kappa shape index (κ2) is 41.4. The molecular formula is C3H8Zr. The van der Waals surface area contributed by atoms with Gasteiger partial charge in [-0.05, 0) is 0 Å². The van der Waals surface area contributed by atoms with E-state index in [-0.39, 0.29) is 33.6 Å². The third-order valence-corrected chi connectivity index (χ3v) is 0. The van der Waals surface area contributed by atoms with Gasteiger partial charge in [0.05, 0.1) is 0 Å². The molecule has 0 atom stereocenters. The molecule has 0 aromatic carbocycles. The SMILES string of the molecule is [CH2-]C.[CH3-].[Zr+2]. The maximum absolute atomic E-state index is 3.25. The molecule has 0 saturated carbocycles. The summed E-state index contributed by atoms with van der Waals surface area (Å²) < 4.78 is 0. The van der Waals surface area contributed by atoms with Crippen LogP contribution in [0.3, 0.4) is 0 Å². The van der Waals surface area contributed by atoms with Crippen molar-refractivity contribution in [2.75, 3.05) is 0 Å². The Morgan fingerprint density at radius 2 is 1.25 bits per heavy atom. The maximum Gasteiger partial charge on any atom is 2.00 e. The number of rotatable bonds is 0. The van der Waals surface area contributed by atoms with E-state index in [1.807, 2.05) is 0 Å². The van der Waals surface area contributed by atoms with Crippen LogP contribution in [0, 0.1) is 14.4 Å². The van der Waals surface area contributed by atoms with E-state index in [2.05, 4.69) is 6.92 Å². The average molecular weight is 135 g/mol.